The molecule has 0 aliphatic heterocycles. The molecule has 1 atom stereocenters. The Morgan fingerprint density at radius 2 is 1.50 bits per heavy atom. The first-order valence-corrected chi connectivity index (χ1v) is 8.37. The molecule has 102 valence electrons. The second kappa shape index (κ2) is 3.75. The van der Waals surface area contributed by atoms with Crippen molar-refractivity contribution in [3.05, 3.63) is 0 Å². The fourth-order valence-electron chi connectivity index (χ4n) is 7.05. The summed E-state index contributed by atoms with van der Waals surface area (Å²) >= 11 is 0. The van der Waals surface area contributed by atoms with Gasteiger partial charge in [0, 0.05) is 0 Å². The van der Waals surface area contributed by atoms with Crippen molar-refractivity contribution in [2.75, 3.05) is 6.54 Å². The monoisotopic (exact) mass is 247 g/mol. The molecule has 0 aromatic rings. The molecule has 0 radical (unpaired) electrons. The van der Waals surface area contributed by atoms with Crippen molar-refractivity contribution in [1.29, 1.82) is 0 Å². The molecular weight excluding hydrogens is 218 g/mol. The molecule has 0 spiro atoms. The fourth-order valence-corrected chi connectivity index (χ4v) is 7.05. The maximum absolute atomic E-state index is 6.09. The SMILES string of the molecule is CC(CN)C1(C23CC4CC(CC(C4)C2)C3)CCC1. The van der Waals surface area contributed by atoms with E-state index in [4.69, 9.17) is 5.73 Å². The number of rotatable bonds is 3. The van der Waals surface area contributed by atoms with Gasteiger partial charge in [-0.15, -0.1) is 0 Å². The van der Waals surface area contributed by atoms with Crippen LogP contribution in [0.4, 0.5) is 0 Å². The van der Waals surface area contributed by atoms with Gasteiger partial charge in [-0.2, -0.15) is 0 Å². The summed E-state index contributed by atoms with van der Waals surface area (Å²) in [5.41, 5.74) is 7.49. The third-order valence-corrected chi connectivity index (χ3v) is 7.64. The van der Waals surface area contributed by atoms with Gasteiger partial charge < -0.3 is 5.73 Å². The van der Waals surface area contributed by atoms with Gasteiger partial charge in [-0.3, -0.25) is 0 Å². The molecule has 5 aliphatic rings. The highest BCUT2D eigenvalue weighted by molar-refractivity contribution is 5.13. The minimum absolute atomic E-state index is 0.664. The molecule has 5 saturated carbocycles. The average molecular weight is 247 g/mol. The van der Waals surface area contributed by atoms with Crippen LogP contribution in [0.15, 0.2) is 0 Å². The quantitative estimate of drug-likeness (QED) is 0.802. The third kappa shape index (κ3) is 1.32. The van der Waals surface area contributed by atoms with E-state index < -0.39 is 0 Å². The Morgan fingerprint density at radius 1 is 1.00 bits per heavy atom. The van der Waals surface area contributed by atoms with Gasteiger partial charge in [0.1, 0.15) is 0 Å². The van der Waals surface area contributed by atoms with Gasteiger partial charge in [0.05, 0.1) is 0 Å². The first-order valence-electron chi connectivity index (χ1n) is 8.37. The minimum Gasteiger partial charge on any atom is -0.330 e. The molecule has 4 bridgehead atoms. The Balaban J connectivity index is 1.70. The molecule has 0 aromatic carbocycles. The van der Waals surface area contributed by atoms with Gasteiger partial charge in [-0.1, -0.05) is 13.3 Å². The smallest absolute Gasteiger partial charge is 0.00460 e. The van der Waals surface area contributed by atoms with Crippen LogP contribution in [0.1, 0.15) is 64.7 Å². The lowest BCUT2D eigenvalue weighted by molar-refractivity contribution is -0.183. The fraction of sp³-hybridized carbons (Fsp3) is 1.00. The van der Waals surface area contributed by atoms with Crippen LogP contribution in [0.25, 0.3) is 0 Å². The molecule has 0 aromatic heterocycles. The number of hydrogen-bond donors (Lipinski definition) is 1. The van der Waals surface area contributed by atoms with Crippen LogP contribution in [0.3, 0.4) is 0 Å². The Labute approximate surface area is 112 Å². The van der Waals surface area contributed by atoms with E-state index >= 15 is 0 Å². The molecule has 18 heavy (non-hydrogen) atoms. The van der Waals surface area contributed by atoms with Gasteiger partial charge in [0.25, 0.3) is 0 Å². The van der Waals surface area contributed by atoms with E-state index in [0.29, 0.717) is 5.41 Å². The van der Waals surface area contributed by atoms with Crippen LogP contribution in [0, 0.1) is 34.5 Å². The number of nitrogens with two attached hydrogens (primary N) is 1. The first kappa shape index (κ1) is 11.8. The zero-order chi connectivity index (χ0) is 12.4. The summed E-state index contributed by atoms with van der Waals surface area (Å²) in [6, 6.07) is 0. The molecule has 1 unspecified atom stereocenters. The third-order valence-electron chi connectivity index (χ3n) is 7.64. The second-order valence-electron chi connectivity index (χ2n) is 8.34. The molecule has 5 aliphatic carbocycles. The van der Waals surface area contributed by atoms with Crippen LogP contribution in [0.5, 0.6) is 0 Å². The molecule has 0 heterocycles. The van der Waals surface area contributed by atoms with Gasteiger partial charge in [0.15, 0.2) is 0 Å². The Bertz CT molecular complexity index is 306. The molecule has 0 saturated heterocycles. The van der Waals surface area contributed by atoms with Crippen molar-refractivity contribution in [3.63, 3.8) is 0 Å². The van der Waals surface area contributed by atoms with Crippen molar-refractivity contribution in [1.82, 2.24) is 0 Å². The van der Waals surface area contributed by atoms with E-state index in [1.165, 1.54) is 19.3 Å². The zero-order valence-electron chi connectivity index (χ0n) is 12.0. The van der Waals surface area contributed by atoms with Crippen LogP contribution < -0.4 is 5.73 Å². The van der Waals surface area contributed by atoms with Gasteiger partial charge in [0.2, 0.25) is 0 Å². The summed E-state index contributed by atoms with van der Waals surface area (Å²) in [5, 5.41) is 0. The van der Waals surface area contributed by atoms with E-state index in [9.17, 15) is 0 Å². The Kier molecular flexibility index (Phi) is 2.45. The number of hydrogen-bond acceptors (Lipinski definition) is 1. The summed E-state index contributed by atoms with van der Waals surface area (Å²) in [6.07, 6.45) is 13.9. The standard InChI is InChI=1S/C17H29N/c1-12(11-18)17(3-2-4-17)16-8-13-5-14(9-16)7-15(6-13)10-16/h12-15H,2-11,18H2,1H3. The zero-order valence-corrected chi connectivity index (χ0v) is 12.0. The molecule has 2 N–H and O–H groups in total. The van der Waals surface area contributed by atoms with Crippen molar-refractivity contribution < 1.29 is 0 Å². The van der Waals surface area contributed by atoms with E-state index in [2.05, 4.69) is 6.92 Å². The van der Waals surface area contributed by atoms with E-state index in [0.717, 1.165) is 35.6 Å². The summed E-state index contributed by atoms with van der Waals surface area (Å²) in [6.45, 7) is 3.37. The minimum atomic E-state index is 0.664. The van der Waals surface area contributed by atoms with Crippen LogP contribution in [-0.2, 0) is 0 Å². The van der Waals surface area contributed by atoms with Crippen LogP contribution in [-0.4, -0.2) is 6.54 Å². The van der Waals surface area contributed by atoms with Crippen LogP contribution >= 0.6 is 0 Å². The predicted octanol–water partition coefficient (Wildman–Crippen LogP) is 3.97. The maximum Gasteiger partial charge on any atom is -0.00460 e. The lowest BCUT2D eigenvalue weighted by Gasteiger charge is -2.68. The largest absolute Gasteiger partial charge is 0.330 e. The lowest BCUT2D eigenvalue weighted by Crippen LogP contribution is -2.60. The molecule has 5 rings (SSSR count). The highest BCUT2D eigenvalue weighted by Gasteiger charge is 2.63. The van der Waals surface area contributed by atoms with Crippen molar-refractivity contribution in [2.45, 2.75) is 64.7 Å². The Morgan fingerprint density at radius 3 is 1.83 bits per heavy atom. The normalized spacial score (nSPS) is 50.0. The average Bonchev–Trinajstić information content (AvgIpc) is 2.24. The molecular formula is C17H29N. The summed E-state index contributed by atoms with van der Waals surface area (Å²) < 4.78 is 0. The first-order chi connectivity index (χ1) is 8.67. The lowest BCUT2D eigenvalue weighted by atomic mass is 9.37. The van der Waals surface area contributed by atoms with E-state index in [1.807, 2.05) is 0 Å². The summed E-state index contributed by atoms with van der Waals surface area (Å²) in [5.74, 6) is 4.05. The predicted molar refractivity (Wildman–Crippen MR) is 75.1 cm³/mol. The van der Waals surface area contributed by atoms with Crippen molar-refractivity contribution >= 4 is 0 Å². The maximum atomic E-state index is 6.09. The summed E-state index contributed by atoms with van der Waals surface area (Å²) in [7, 11) is 0. The molecule has 1 heteroatoms. The molecule has 0 amide bonds. The highest BCUT2D eigenvalue weighted by Crippen LogP contribution is 2.72. The molecule has 1 nitrogen and oxygen atoms in total. The van der Waals surface area contributed by atoms with Gasteiger partial charge in [-0.05, 0) is 92.4 Å². The second-order valence-corrected chi connectivity index (χ2v) is 8.34. The topological polar surface area (TPSA) is 26.0 Å². The highest BCUT2D eigenvalue weighted by atomic mass is 14.7. The Hall–Kier alpha value is -0.0400. The van der Waals surface area contributed by atoms with Crippen molar-refractivity contribution in [2.24, 2.45) is 40.2 Å². The molecule has 5 fully saturated rings. The van der Waals surface area contributed by atoms with Crippen molar-refractivity contribution in [3.8, 4) is 0 Å². The van der Waals surface area contributed by atoms with Gasteiger partial charge >= 0.3 is 0 Å². The van der Waals surface area contributed by atoms with E-state index in [-0.39, 0.29) is 0 Å². The summed E-state index contributed by atoms with van der Waals surface area (Å²) in [4.78, 5) is 0. The van der Waals surface area contributed by atoms with Gasteiger partial charge in [-0.25, -0.2) is 0 Å². The van der Waals surface area contributed by atoms with E-state index in [1.54, 1.807) is 38.5 Å². The van der Waals surface area contributed by atoms with Crippen LogP contribution in [0.2, 0.25) is 0 Å².